The molecule has 7 heteroatoms. The summed E-state index contributed by atoms with van der Waals surface area (Å²) in [5, 5.41) is 3.13. The van der Waals surface area contributed by atoms with Crippen LogP contribution in [-0.2, 0) is 27.4 Å². The number of amides is 1. The molecule has 1 aromatic carbocycles. The van der Waals surface area contributed by atoms with Crippen LogP contribution in [0.5, 0.6) is 0 Å². The fraction of sp³-hybridized carbons (Fsp3) is 0.607. The van der Waals surface area contributed by atoms with Gasteiger partial charge in [0.1, 0.15) is 0 Å². The minimum Gasteiger partial charge on any atom is -0.380 e. The van der Waals surface area contributed by atoms with Crippen molar-refractivity contribution in [3.05, 3.63) is 41.1 Å². The van der Waals surface area contributed by atoms with E-state index in [1.165, 1.54) is 32.1 Å². The molecule has 1 aromatic heterocycles. The summed E-state index contributed by atoms with van der Waals surface area (Å²) in [6.07, 6.45) is 6.23. The predicted octanol–water partition coefficient (Wildman–Crippen LogP) is 5.08. The number of aromatic nitrogens is 1. The lowest BCUT2D eigenvalue weighted by atomic mass is 9.85. The van der Waals surface area contributed by atoms with Gasteiger partial charge in [-0.3, -0.25) is 4.79 Å². The average Bonchev–Trinajstić information content (AvgIpc) is 3.12. The summed E-state index contributed by atoms with van der Waals surface area (Å²) in [6.45, 7) is 13.1. The highest BCUT2D eigenvalue weighted by Gasteiger charge is 2.34. The van der Waals surface area contributed by atoms with E-state index in [4.69, 9.17) is 4.74 Å². The Bertz CT molecular complexity index is 1150. The van der Waals surface area contributed by atoms with Crippen LogP contribution in [0.4, 0.5) is 0 Å². The maximum atomic E-state index is 13.3. The second kappa shape index (κ2) is 10.1. The molecule has 1 N–H and O–H groups in total. The van der Waals surface area contributed by atoms with E-state index in [0.29, 0.717) is 36.1 Å². The summed E-state index contributed by atoms with van der Waals surface area (Å²) in [5.41, 5.74) is 4.08. The highest BCUT2D eigenvalue weighted by atomic mass is 32.2. The lowest BCUT2D eigenvalue weighted by molar-refractivity contribution is -0.0978. The number of thiol groups is 1. The van der Waals surface area contributed by atoms with Crippen LogP contribution in [0.25, 0.3) is 11.3 Å². The first-order valence-electron chi connectivity index (χ1n) is 12.8. The Morgan fingerprint density at radius 2 is 1.83 bits per heavy atom. The van der Waals surface area contributed by atoms with E-state index in [2.05, 4.69) is 16.8 Å². The molecule has 2 aromatic rings. The maximum Gasteiger partial charge on any atom is 0.253 e. The van der Waals surface area contributed by atoms with Gasteiger partial charge in [0, 0.05) is 29.9 Å². The van der Waals surface area contributed by atoms with E-state index in [0.717, 1.165) is 29.1 Å². The van der Waals surface area contributed by atoms with Crippen molar-refractivity contribution in [1.29, 1.82) is 0 Å². The zero-order valence-electron chi connectivity index (χ0n) is 21.8. The molecule has 192 valence electrons. The first kappa shape index (κ1) is 26.0. The molecule has 0 atom stereocenters. The first-order valence-corrected chi connectivity index (χ1v) is 14.0. The van der Waals surface area contributed by atoms with Gasteiger partial charge in [-0.1, -0.05) is 53.0 Å². The fourth-order valence-corrected chi connectivity index (χ4v) is 6.17. The van der Waals surface area contributed by atoms with Gasteiger partial charge in [0.15, 0.2) is 10.7 Å². The maximum absolute atomic E-state index is 13.3. The van der Waals surface area contributed by atoms with Crippen LogP contribution in [-0.4, -0.2) is 38.7 Å². The van der Waals surface area contributed by atoms with Gasteiger partial charge >= 0.3 is 0 Å². The van der Waals surface area contributed by atoms with Crippen molar-refractivity contribution in [2.45, 2.75) is 83.6 Å². The van der Waals surface area contributed by atoms with Crippen molar-refractivity contribution in [3.63, 3.8) is 0 Å². The molecule has 4 rings (SSSR count). The van der Waals surface area contributed by atoms with Gasteiger partial charge in [-0.2, -0.15) is 0 Å². The third-order valence-electron chi connectivity index (χ3n) is 7.65. The number of carbonyl (C=O) groups excluding carboxylic acids is 1. The highest BCUT2D eigenvalue weighted by molar-refractivity contribution is 7.72. The minimum atomic E-state index is -2.69. The van der Waals surface area contributed by atoms with Crippen LogP contribution in [0.2, 0.25) is 0 Å². The summed E-state index contributed by atoms with van der Waals surface area (Å²) in [6, 6.07) is 7.59. The standard InChI is InChI=1S/C28H40N2O4S/c1-19-22(26(31)29-16-28(5)17-34-18-28)14-24(30(19)15-20-9-7-6-8-10-20)21-11-12-25(35(32)33)23(13-21)27(2,3)4/h11-14,20,35H,6-10,15-18H2,1-5H3,(H,29,31). The molecular formula is C28H40N2O4S. The van der Waals surface area contributed by atoms with E-state index < -0.39 is 10.7 Å². The number of ether oxygens (including phenoxy) is 1. The molecule has 0 spiro atoms. The lowest BCUT2D eigenvalue weighted by Crippen LogP contribution is -2.48. The number of hydrogen-bond acceptors (Lipinski definition) is 4. The van der Waals surface area contributed by atoms with Gasteiger partial charge in [-0.25, -0.2) is 8.42 Å². The summed E-state index contributed by atoms with van der Waals surface area (Å²) >= 11 is 0. The Hall–Kier alpha value is -2.12. The second-order valence-corrected chi connectivity index (χ2v) is 12.9. The van der Waals surface area contributed by atoms with Gasteiger partial charge in [-0.15, -0.1) is 0 Å². The van der Waals surface area contributed by atoms with E-state index in [9.17, 15) is 13.2 Å². The number of carbonyl (C=O) groups is 1. The van der Waals surface area contributed by atoms with Gasteiger partial charge in [0.2, 0.25) is 0 Å². The van der Waals surface area contributed by atoms with Crippen LogP contribution in [0.1, 0.15) is 81.4 Å². The van der Waals surface area contributed by atoms with Gasteiger partial charge < -0.3 is 14.6 Å². The van der Waals surface area contributed by atoms with Crippen LogP contribution >= 0.6 is 0 Å². The van der Waals surface area contributed by atoms with E-state index in [1.807, 2.05) is 45.9 Å². The molecule has 0 radical (unpaired) electrons. The monoisotopic (exact) mass is 500 g/mol. The van der Waals surface area contributed by atoms with Crippen molar-refractivity contribution < 1.29 is 17.9 Å². The minimum absolute atomic E-state index is 0.00349. The SMILES string of the molecule is Cc1c(C(=O)NCC2(C)COC2)cc(-c2ccc([SH](=O)=O)c(C(C)(C)C)c2)n1CC1CCCCC1. The van der Waals surface area contributed by atoms with Crippen molar-refractivity contribution in [3.8, 4) is 11.3 Å². The lowest BCUT2D eigenvalue weighted by Gasteiger charge is -2.38. The van der Waals surface area contributed by atoms with Crippen molar-refractivity contribution in [2.24, 2.45) is 11.3 Å². The molecule has 1 saturated heterocycles. The van der Waals surface area contributed by atoms with Crippen LogP contribution in [0.3, 0.4) is 0 Å². The Morgan fingerprint density at radius 3 is 2.40 bits per heavy atom. The molecule has 35 heavy (non-hydrogen) atoms. The molecule has 2 fully saturated rings. The van der Waals surface area contributed by atoms with E-state index >= 15 is 0 Å². The quantitative estimate of drug-likeness (QED) is 0.520. The molecular weight excluding hydrogens is 460 g/mol. The molecule has 1 aliphatic carbocycles. The molecule has 2 heterocycles. The van der Waals surface area contributed by atoms with Gasteiger partial charge in [0.05, 0.1) is 23.7 Å². The largest absolute Gasteiger partial charge is 0.380 e. The molecule has 1 saturated carbocycles. The van der Waals surface area contributed by atoms with Gasteiger partial charge in [-0.05, 0) is 60.4 Å². The summed E-state index contributed by atoms with van der Waals surface area (Å²) in [5.74, 6) is 0.530. The van der Waals surface area contributed by atoms with Crippen molar-refractivity contribution in [2.75, 3.05) is 19.8 Å². The normalized spacial score (nSPS) is 18.5. The van der Waals surface area contributed by atoms with E-state index in [-0.39, 0.29) is 16.7 Å². The molecule has 2 aliphatic rings. The Morgan fingerprint density at radius 1 is 1.14 bits per heavy atom. The van der Waals surface area contributed by atoms with Gasteiger partial charge in [0.25, 0.3) is 5.91 Å². The average molecular weight is 501 g/mol. The van der Waals surface area contributed by atoms with Crippen LogP contribution < -0.4 is 5.32 Å². The number of rotatable bonds is 7. The topological polar surface area (TPSA) is 77.4 Å². The number of nitrogens with zero attached hydrogens (tertiary/aromatic N) is 1. The molecule has 1 aliphatic heterocycles. The Balaban J connectivity index is 1.74. The second-order valence-electron chi connectivity index (χ2n) is 11.9. The molecule has 6 nitrogen and oxygen atoms in total. The van der Waals surface area contributed by atoms with E-state index in [1.54, 1.807) is 6.07 Å². The zero-order chi connectivity index (χ0) is 25.4. The predicted molar refractivity (Wildman–Crippen MR) is 140 cm³/mol. The first-order chi connectivity index (χ1) is 16.5. The summed E-state index contributed by atoms with van der Waals surface area (Å²) < 4.78 is 31.5. The highest BCUT2D eigenvalue weighted by Crippen LogP contribution is 2.35. The van der Waals surface area contributed by atoms with Crippen LogP contribution in [0.15, 0.2) is 29.2 Å². The Kier molecular flexibility index (Phi) is 7.49. The molecule has 1 amide bonds. The molecule has 0 bridgehead atoms. The number of nitrogens with one attached hydrogen (secondary N) is 1. The zero-order valence-corrected chi connectivity index (χ0v) is 22.7. The van der Waals surface area contributed by atoms with Crippen molar-refractivity contribution in [1.82, 2.24) is 9.88 Å². The Labute approximate surface area is 211 Å². The van der Waals surface area contributed by atoms with Crippen molar-refractivity contribution >= 4 is 16.6 Å². The summed E-state index contributed by atoms with van der Waals surface area (Å²) in [7, 11) is -2.69. The summed E-state index contributed by atoms with van der Waals surface area (Å²) in [4.78, 5) is 13.6. The number of benzene rings is 1. The fourth-order valence-electron chi connectivity index (χ4n) is 5.37. The third kappa shape index (κ3) is 5.67. The smallest absolute Gasteiger partial charge is 0.253 e. The number of hydrogen-bond donors (Lipinski definition) is 2. The third-order valence-corrected chi connectivity index (χ3v) is 8.43. The molecule has 0 unspecified atom stereocenters. The van der Waals surface area contributed by atoms with Crippen LogP contribution in [0, 0.1) is 18.3 Å².